The highest BCUT2D eigenvalue weighted by atomic mass is 16.5. The summed E-state index contributed by atoms with van der Waals surface area (Å²) in [4.78, 5) is 15.1. The summed E-state index contributed by atoms with van der Waals surface area (Å²) in [5.41, 5.74) is 2.33. The first-order valence-electron chi connectivity index (χ1n) is 10.2. The number of carbonyl (C=O) groups is 1. The minimum absolute atomic E-state index is 0.0315. The third kappa shape index (κ3) is 4.14. The Morgan fingerprint density at radius 3 is 2.82 bits per heavy atom. The van der Waals surface area contributed by atoms with Crippen molar-refractivity contribution in [3.8, 4) is 11.5 Å². The van der Waals surface area contributed by atoms with Crippen LogP contribution in [0.3, 0.4) is 0 Å². The average molecular weight is 380 g/mol. The molecule has 2 unspecified atom stereocenters. The van der Waals surface area contributed by atoms with Gasteiger partial charge in [0.25, 0.3) is 0 Å². The van der Waals surface area contributed by atoms with Crippen molar-refractivity contribution < 1.29 is 14.3 Å². The molecular weight excluding hydrogens is 352 g/mol. The lowest BCUT2D eigenvalue weighted by molar-refractivity contribution is -0.123. The molecule has 2 aliphatic heterocycles. The van der Waals surface area contributed by atoms with Gasteiger partial charge in [-0.25, -0.2) is 0 Å². The molecule has 0 saturated carbocycles. The number of benzene rings is 2. The summed E-state index contributed by atoms with van der Waals surface area (Å²) in [5, 5.41) is 3.22. The number of nitrogens with one attached hydrogen (secondary N) is 1. The number of likely N-dealkylation sites (tertiary alicyclic amines) is 1. The number of ether oxygens (including phenoxy) is 2. The summed E-state index contributed by atoms with van der Waals surface area (Å²) in [7, 11) is 0. The van der Waals surface area contributed by atoms with E-state index in [-0.39, 0.29) is 11.9 Å². The Labute approximate surface area is 166 Å². The molecule has 2 aliphatic rings. The van der Waals surface area contributed by atoms with Crippen molar-refractivity contribution in [1.82, 2.24) is 10.2 Å². The smallest absolute Gasteiger partial charge is 0.234 e. The highest BCUT2D eigenvalue weighted by Gasteiger charge is 2.29. The van der Waals surface area contributed by atoms with Crippen LogP contribution in [0, 0.1) is 0 Å². The third-order valence-corrected chi connectivity index (χ3v) is 5.58. The highest BCUT2D eigenvalue weighted by Crippen LogP contribution is 2.34. The molecule has 2 aromatic rings. The lowest BCUT2D eigenvalue weighted by atomic mass is 10.0. The summed E-state index contributed by atoms with van der Waals surface area (Å²) in [5.74, 6) is 1.86. The van der Waals surface area contributed by atoms with E-state index in [1.807, 2.05) is 43.3 Å². The topological polar surface area (TPSA) is 50.8 Å². The van der Waals surface area contributed by atoms with E-state index in [4.69, 9.17) is 9.47 Å². The Morgan fingerprint density at radius 1 is 1.18 bits per heavy atom. The highest BCUT2D eigenvalue weighted by molar-refractivity contribution is 5.78. The number of hydrogen-bond acceptors (Lipinski definition) is 4. The predicted octanol–water partition coefficient (Wildman–Crippen LogP) is 3.86. The van der Waals surface area contributed by atoms with Gasteiger partial charge in [0.05, 0.1) is 25.8 Å². The summed E-state index contributed by atoms with van der Waals surface area (Å²) in [6.07, 6.45) is 3.01. The Bertz CT molecular complexity index is 806. The van der Waals surface area contributed by atoms with E-state index >= 15 is 0 Å². The van der Waals surface area contributed by atoms with Crippen molar-refractivity contribution >= 4 is 5.91 Å². The summed E-state index contributed by atoms with van der Waals surface area (Å²) < 4.78 is 11.2. The van der Waals surface area contributed by atoms with Gasteiger partial charge in [0, 0.05) is 18.0 Å². The SMILES string of the molecule is CCOc1ccc(C2CCCN2CC(=O)NC2CCOc3ccccc32)cc1. The van der Waals surface area contributed by atoms with Crippen LogP contribution in [0.2, 0.25) is 0 Å². The van der Waals surface area contributed by atoms with Crippen LogP contribution >= 0.6 is 0 Å². The Balaban J connectivity index is 1.39. The summed E-state index contributed by atoms with van der Waals surface area (Å²) in [6.45, 7) is 4.68. The van der Waals surface area contributed by atoms with E-state index in [9.17, 15) is 4.79 Å². The zero-order chi connectivity index (χ0) is 19.3. The van der Waals surface area contributed by atoms with Crippen molar-refractivity contribution in [2.24, 2.45) is 0 Å². The molecule has 28 heavy (non-hydrogen) atoms. The minimum atomic E-state index is 0.0315. The average Bonchev–Trinajstić information content (AvgIpc) is 3.17. The van der Waals surface area contributed by atoms with Gasteiger partial charge in [-0.15, -0.1) is 0 Å². The Kier molecular flexibility index (Phi) is 5.81. The van der Waals surface area contributed by atoms with Gasteiger partial charge in [0.2, 0.25) is 5.91 Å². The van der Waals surface area contributed by atoms with Gasteiger partial charge in [-0.1, -0.05) is 30.3 Å². The van der Waals surface area contributed by atoms with Gasteiger partial charge >= 0.3 is 0 Å². The van der Waals surface area contributed by atoms with Crippen LogP contribution in [-0.2, 0) is 4.79 Å². The Morgan fingerprint density at radius 2 is 2.00 bits per heavy atom. The van der Waals surface area contributed by atoms with E-state index in [1.165, 1.54) is 5.56 Å². The zero-order valence-electron chi connectivity index (χ0n) is 16.4. The van der Waals surface area contributed by atoms with Crippen LogP contribution in [0.5, 0.6) is 11.5 Å². The molecule has 4 rings (SSSR count). The summed E-state index contributed by atoms with van der Waals surface area (Å²) in [6, 6.07) is 16.6. The van der Waals surface area contributed by atoms with Gasteiger partial charge in [-0.3, -0.25) is 9.69 Å². The van der Waals surface area contributed by atoms with Gasteiger partial charge in [0.15, 0.2) is 0 Å². The summed E-state index contributed by atoms with van der Waals surface area (Å²) >= 11 is 0. The number of fused-ring (bicyclic) bond motifs is 1. The normalized spacial score (nSPS) is 21.6. The van der Waals surface area contributed by atoms with Gasteiger partial charge in [-0.2, -0.15) is 0 Å². The molecule has 0 spiro atoms. The number of carbonyl (C=O) groups excluding carboxylic acids is 1. The zero-order valence-corrected chi connectivity index (χ0v) is 16.4. The molecule has 1 fully saturated rings. The molecule has 2 atom stereocenters. The molecule has 5 nitrogen and oxygen atoms in total. The lowest BCUT2D eigenvalue weighted by Gasteiger charge is -2.29. The molecule has 0 radical (unpaired) electrons. The fourth-order valence-corrected chi connectivity index (χ4v) is 4.26. The monoisotopic (exact) mass is 380 g/mol. The molecule has 5 heteroatoms. The van der Waals surface area contributed by atoms with Gasteiger partial charge in [0.1, 0.15) is 11.5 Å². The van der Waals surface area contributed by atoms with Crippen LogP contribution in [0.15, 0.2) is 48.5 Å². The van der Waals surface area contributed by atoms with E-state index in [0.717, 1.165) is 42.9 Å². The number of para-hydroxylation sites is 1. The Hall–Kier alpha value is -2.53. The molecule has 0 aromatic heterocycles. The molecule has 0 bridgehead atoms. The maximum Gasteiger partial charge on any atom is 0.234 e. The van der Waals surface area contributed by atoms with E-state index in [0.29, 0.717) is 25.8 Å². The predicted molar refractivity (Wildman–Crippen MR) is 109 cm³/mol. The van der Waals surface area contributed by atoms with Crippen LogP contribution in [0.1, 0.15) is 49.4 Å². The largest absolute Gasteiger partial charge is 0.494 e. The fourth-order valence-electron chi connectivity index (χ4n) is 4.26. The first-order valence-corrected chi connectivity index (χ1v) is 10.2. The second kappa shape index (κ2) is 8.65. The van der Waals surface area contributed by atoms with E-state index < -0.39 is 0 Å². The quantitative estimate of drug-likeness (QED) is 0.827. The molecule has 1 N–H and O–H groups in total. The maximum absolute atomic E-state index is 12.8. The second-order valence-electron chi connectivity index (χ2n) is 7.43. The van der Waals surface area contributed by atoms with Crippen LogP contribution in [0.25, 0.3) is 0 Å². The molecule has 0 aliphatic carbocycles. The molecule has 1 amide bonds. The third-order valence-electron chi connectivity index (χ3n) is 5.58. The molecular formula is C23H28N2O3. The van der Waals surface area contributed by atoms with Crippen LogP contribution < -0.4 is 14.8 Å². The number of rotatable bonds is 6. The molecule has 148 valence electrons. The number of hydrogen-bond donors (Lipinski definition) is 1. The van der Waals surface area contributed by atoms with Crippen LogP contribution in [0.4, 0.5) is 0 Å². The van der Waals surface area contributed by atoms with Gasteiger partial charge < -0.3 is 14.8 Å². The van der Waals surface area contributed by atoms with Gasteiger partial charge in [-0.05, 0) is 50.1 Å². The standard InChI is InChI=1S/C23H28N2O3/c1-2-27-18-11-9-17(10-12-18)21-7-5-14-25(21)16-23(26)24-20-13-15-28-22-8-4-3-6-19(20)22/h3-4,6,8-12,20-21H,2,5,7,13-16H2,1H3,(H,24,26). The fraction of sp³-hybridized carbons (Fsp3) is 0.435. The minimum Gasteiger partial charge on any atom is -0.494 e. The number of nitrogens with zero attached hydrogens (tertiary/aromatic N) is 1. The first-order chi connectivity index (χ1) is 13.7. The van der Waals surface area contributed by atoms with Crippen molar-refractivity contribution in [2.75, 3.05) is 26.3 Å². The van der Waals surface area contributed by atoms with Crippen molar-refractivity contribution in [3.63, 3.8) is 0 Å². The maximum atomic E-state index is 12.8. The molecule has 2 aromatic carbocycles. The second-order valence-corrected chi connectivity index (χ2v) is 7.43. The van der Waals surface area contributed by atoms with E-state index in [1.54, 1.807) is 0 Å². The first kappa shape index (κ1) is 18.8. The van der Waals surface area contributed by atoms with Crippen LogP contribution in [-0.4, -0.2) is 37.1 Å². The molecule has 1 saturated heterocycles. The van der Waals surface area contributed by atoms with Crippen molar-refractivity contribution in [3.05, 3.63) is 59.7 Å². The molecule has 2 heterocycles. The van der Waals surface area contributed by atoms with Crippen molar-refractivity contribution in [1.29, 1.82) is 0 Å². The number of amides is 1. The lowest BCUT2D eigenvalue weighted by Crippen LogP contribution is -2.40. The van der Waals surface area contributed by atoms with E-state index in [2.05, 4.69) is 22.3 Å². The van der Waals surface area contributed by atoms with Crippen molar-refractivity contribution in [2.45, 2.75) is 38.3 Å².